The minimum atomic E-state index is -5.07. The Kier molecular flexibility index (Phi) is 4.05. The summed E-state index contributed by atoms with van der Waals surface area (Å²) >= 11 is 3.46. The van der Waals surface area contributed by atoms with Crippen molar-refractivity contribution in [3.63, 3.8) is 0 Å². The van der Waals surface area contributed by atoms with Crippen LogP contribution in [0.4, 0.5) is 13.2 Å². The monoisotopic (exact) mass is 217 g/mol. The van der Waals surface area contributed by atoms with Crippen molar-refractivity contribution in [2.24, 2.45) is 0 Å². The van der Waals surface area contributed by atoms with E-state index in [0.29, 0.717) is 0 Å². The maximum absolute atomic E-state index is 11.6. The summed E-state index contributed by atoms with van der Waals surface area (Å²) in [5.41, 5.74) is 0. The Morgan fingerprint density at radius 2 is 1.92 bits per heavy atom. The highest BCUT2D eigenvalue weighted by Gasteiger charge is 2.40. The average Bonchev–Trinajstić information content (AvgIpc) is 1.96. The summed E-state index contributed by atoms with van der Waals surface area (Å²) < 4.78 is 34.7. The molecule has 0 aliphatic heterocycles. The van der Waals surface area contributed by atoms with Gasteiger partial charge in [0.1, 0.15) is 6.04 Å². The van der Waals surface area contributed by atoms with Gasteiger partial charge in [0.25, 0.3) is 0 Å². The Bertz CT molecular complexity index is 218. The normalized spacial score (nSPS) is 13.5. The molecule has 2 N–H and O–H groups in total. The molecule has 13 heavy (non-hydrogen) atoms. The van der Waals surface area contributed by atoms with E-state index < -0.39 is 29.8 Å². The SMILES string of the molecule is O=C(O)[C@H](CS)NC(=O)C(F)(F)F. The number of carboxylic acids is 1. The summed E-state index contributed by atoms with van der Waals surface area (Å²) in [7, 11) is 0. The Morgan fingerprint density at radius 1 is 1.46 bits per heavy atom. The van der Waals surface area contributed by atoms with Gasteiger partial charge in [-0.25, -0.2) is 4.79 Å². The number of carbonyl (C=O) groups is 2. The highest BCUT2D eigenvalue weighted by molar-refractivity contribution is 7.80. The number of carboxylic acid groups (broad SMARTS) is 1. The quantitative estimate of drug-likeness (QED) is 0.585. The van der Waals surface area contributed by atoms with Crippen molar-refractivity contribution in [2.45, 2.75) is 12.2 Å². The number of carbonyl (C=O) groups excluding carboxylic acids is 1. The van der Waals surface area contributed by atoms with E-state index in [2.05, 4.69) is 12.6 Å². The molecule has 0 aliphatic rings. The van der Waals surface area contributed by atoms with Crippen LogP contribution in [0.25, 0.3) is 0 Å². The van der Waals surface area contributed by atoms with E-state index in [-0.39, 0.29) is 0 Å². The number of aliphatic carboxylic acids is 1. The van der Waals surface area contributed by atoms with E-state index in [4.69, 9.17) is 5.11 Å². The molecule has 0 fully saturated rings. The van der Waals surface area contributed by atoms with Crippen LogP contribution in [0.3, 0.4) is 0 Å². The summed E-state index contributed by atoms with van der Waals surface area (Å²) in [6, 6.07) is -1.63. The predicted molar refractivity (Wildman–Crippen MR) is 39.5 cm³/mol. The van der Waals surface area contributed by atoms with E-state index >= 15 is 0 Å². The van der Waals surface area contributed by atoms with Crippen molar-refractivity contribution in [2.75, 3.05) is 5.75 Å². The van der Waals surface area contributed by atoms with Gasteiger partial charge in [0.05, 0.1) is 0 Å². The van der Waals surface area contributed by atoms with Gasteiger partial charge in [0.15, 0.2) is 0 Å². The Labute approximate surface area is 76.5 Å². The number of amides is 1. The third-order valence-corrected chi connectivity index (χ3v) is 1.41. The minimum absolute atomic E-state index is 0.406. The first-order chi connectivity index (χ1) is 5.79. The fraction of sp³-hybridized carbons (Fsp3) is 0.600. The zero-order valence-electron chi connectivity index (χ0n) is 6.13. The second kappa shape index (κ2) is 4.35. The van der Waals surface area contributed by atoms with Crippen molar-refractivity contribution < 1.29 is 27.9 Å². The van der Waals surface area contributed by atoms with Crippen molar-refractivity contribution in [1.82, 2.24) is 5.32 Å². The molecule has 0 saturated carbocycles. The summed E-state index contributed by atoms with van der Waals surface area (Å²) in [4.78, 5) is 20.4. The summed E-state index contributed by atoms with van der Waals surface area (Å²) in [6.07, 6.45) is -5.07. The van der Waals surface area contributed by atoms with E-state index in [1.807, 2.05) is 0 Å². The van der Waals surface area contributed by atoms with Crippen molar-refractivity contribution in [3.05, 3.63) is 0 Å². The number of halogens is 3. The first-order valence-corrected chi connectivity index (χ1v) is 3.63. The van der Waals surface area contributed by atoms with Crippen LogP contribution in [0, 0.1) is 0 Å². The van der Waals surface area contributed by atoms with Gasteiger partial charge in [0.2, 0.25) is 0 Å². The van der Waals surface area contributed by atoms with Crippen LogP contribution in [0.1, 0.15) is 0 Å². The summed E-state index contributed by atoms with van der Waals surface area (Å²) in [5.74, 6) is -4.25. The molecular formula is C5H6F3NO3S. The Morgan fingerprint density at radius 3 is 2.15 bits per heavy atom. The average molecular weight is 217 g/mol. The van der Waals surface area contributed by atoms with Gasteiger partial charge in [-0.3, -0.25) is 4.79 Å². The van der Waals surface area contributed by atoms with Crippen molar-refractivity contribution in [3.8, 4) is 0 Å². The van der Waals surface area contributed by atoms with Gasteiger partial charge >= 0.3 is 18.1 Å². The third kappa shape index (κ3) is 4.02. The lowest BCUT2D eigenvalue weighted by atomic mass is 10.3. The summed E-state index contributed by atoms with van der Waals surface area (Å²) in [5, 5.41) is 9.52. The molecule has 0 bridgehead atoms. The molecule has 1 amide bonds. The zero-order chi connectivity index (χ0) is 10.6. The molecule has 0 spiro atoms. The number of rotatable bonds is 3. The maximum atomic E-state index is 11.6. The largest absolute Gasteiger partial charge is 0.480 e. The molecule has 4 nitrogen and oxygen atoms in total. The van der Waals surface area contributed by atoms with Crippen LogP contribution in [0.15, 0.2) is 0 Å². The molecule has 0 rings (SSSR count). The maximum Gasteiger partial charge on any atom is 0.471 e. The van der Waals surface area contributed by atoms with Crippen molar-refractivity contribution >= 4 is 24.5 Å². The molecule has 0 saturated heterocycles. The van der Waals surface area contributed by atoms with Gasteiger partial charge in [-0.1, -0.05) is 0 Å². The van der Waals surface area contributed by atoms with Crippen LogP contribution in [-0.2, 0) is 9.59 Å². The number of nitrogens with one attached hydrogen (secondary N) is 1. The van der Waals surface area contributed by atoms with Crippen LogP contribution in [0.2, 0.25) is 0 Å². The van der Waals surface area contributed by atoms with Gasteiger partial charge in [-0.2, -0.15) is 25.8 Å². The lowest BCUT2D eigenvalue weighted by Crippen LogP contribution is -2.47. The first-order valence-electron chi connectivity index (χ1n) is 3.00. The molecule has 0 aromatic heterocycles. The zero-order valence-corrected chi connectivity index (χ0v) is 7.02. The highest BCUT2D eigenvalue weighted by Crippen LogP contribution is 2.14. The molecule has 8 heteroatoms. The summed E-state index contributed by atoms with van der Waals surface area (Å²) in [6.45, 7) is 0. The predicted octanol–water partition coefficient (Wildman–Crippen LogP) is 0.0479. The van der Waals surface area contributed by atoms with Gasteiger partial charge < -0.3 is 10.4 Å². The fourth-order valence-electron chi connectivity index (χ4n) is 0.426. The number of thiol groups is 1. The third-order valence-electron chi connectivity index (χ3n) is 1.04. The molecule has 0 radical (unpaired) electrons. The number of alkyl halides is 3. The van der Waals surface area contributed by atoms with Gasteiger partial charge in [0, 0.05) is 5.75 Å². The molecule has 0 aromatic rings. The molecule has 0 aliphatic carbocycles. The number of hydrogen-bond donors (Lipinski definition) is 3. The second-order valence-corrected chi connectivity index (χ2v) is 2.41. The van der Waals surface area contributed by atoms with Crippen LogP contribution in [-0.4, -0.2) is 35.0 Å². The van der Waals surface area contributed by atoms with Crippen LogP contribution < -0.4 is 5.32 Å². The molecule has 0 aromatic carbocycles. The fourth-order valence-corrected chi connectivity index (χ4v) is 0.673. The molecular weight excluding hydrogens is 211 g/mol. The second-order valence-electron chi connectivity index (χ2n) is 2.04. The highest BCUT2D eigenvalue weighted by atomic mass is 32.1. The topological polar surface area (TPSA) is 66.4 Å². The molecule has 76 valence electrons. The Balaban J connectivity index is 4.26. The molecule has 0 unspecified atom stereocenters. The van der Waals surface area contributed by atoms with Gasteiger partial charge in [-0.05, 0) is 0 Å². The van der Waals surface area contributed by atoms with E-state index in [0.717, 1.165) is 0 Å². The lowest BCUT2D eigenvalue weighted by molar-refractivity contribution is -0.175. The molecule has 1 atom stereocenters. The Hall–Kier alpha value is -0.920. The number of hydrogen-bond acceptors (Lipinski definition) is 3. The van der Waals surface area contributed by atoms with Crippen LogP contribution >= 0.6 is 12.6 Å². The van der Waals surface area contributed by atoms with Crippen LogP contribution in [0.5, 0.6) is 0 Å². The minimum Gasteiger partial charge on any atom is -0.480 e. The molecule has 0 heterocycles. The van der Waals surface area contributed by atoms with Gasteiger partial charge in [-0.15, -0.1) is 0 Å². The standard InChI is InChI=1S/C5H6F3NO3S/c6-5(7,8)4(12)9-2(1-13)3(10)11/h2,13H,1H2,(H,9,12)(H,10,11)/t2-/m0/s1. The van der Waals surface area contributed by atoms with E-state index in [1.165, 1.54) is 5.32 Å². The first kappa shape index (κ1) is 12.1. The smallest absolute Gasteiger partial charge is 0.471 e. The van der Waals surface area contributed by atoms with E-state index in [9.17, 15) is 22.8 Å². The lowest BCUT2D eigenvalue weighted by Gasteiger charge is -2.12. The van der Waals surface area contributed by atoms with E-state index in [1.54, 1.807) is 0 Å². The van der Waals surface area contributed by atoms with Crippen molar-refractivity contribution in [1.29, 1.82) is 0 Å².